The van der Waals surface area contributed by atoms with Crippen LogP contribution in [0.2, 0.25) is 0 Å². The minimum atomic E-state index is -0.740. The molecule has 0 aromatic heterocycles. The van der Waals surface area contributed by atoms with Crippen LogP contribution in [0.1, 0.15) is 51.4 Å². The molecule has 0 bridgehead atoms. The monoisotopic (exact) mass is 342 g/mol. The fraction of sp³-hybridized carbons (Fsp3) is 0.571. The van der Waals surface area contributed by atoms with Gasteiger partial charge in [0.15, 0.2) is 12.4 Å². The second-order valence-corrected chi connectivity index (χ2v) is 4.16. The predicted octanol–water partition coefficient (Wildman–Crippen LogP) is 0.703. The number of amides is 2. The van der Waals surface area contributed by atoms with Crippen molar-refractivity contribution in [1.29, 1.82) is 10.5 Å². The first-order valence-electron chi connectivity index (χ1n) is 7.06. The summed E-state index contributed by atoms with van der Waals surface area (Å²) in [5, 5.41) is 35.1. The molecule has 10 nitrogen and oxygen atoms in total. The zero-order chi connectivity index (χ0) is 19.1. The van der Waals surface area contributed by atoms with E-state index in [9.17, 15) is 9.59 Å². The second-order valence-electron chi connectivity index (χ2n) is 4.16. The van der Waals surface area contributed by atoms with Crippen LogP contribution in [-0.4, -0.2) is 35.0 Å². The maximum Gasteiger partial charge on any atom is 0.303 e. The van der Waals surface area contributed by atoms with Crippen molar-refractivity contribution >= 4 is 24.8 Å². The highest BCUT2D eigenvalue weighted by Crippen LogP contribution is 2.08. The molecule has 0 aliphatic rings. The summed E-state index contributed by atoms with van der Waals surface area (Å²) in [5.74, 6) is -1.48. The van der Waals surface area contributed by atoms with Crippen molar-refractivity contribution in [2.75, 3.05) is 0 Å². The van der Waals surface area contributed by atoms with Gasteiger partial charge < -0.3 is 10.2 Å². The molecule has 24 heavy (non-hydrogen) atoms. The highest BCUT2D eigenvalue weighted by molar-refractivity contribution is 5.66. The van der Waals surface area contributed by atoms with Gasteiger partial charge >= 0.3 is 11.9 Å². The minimum absolute atomic E-state index is 0.245. The molecule has 0 rings (SSSR count). The van der Waals surface area contributed by atoms with Crippen LogP contribution in [0.3, 0.4) is 0 Å². The molecule has 0 atom stereocenters. The highest BCUT2D eigenvalue weighted by Gasteiger charge is 1.98. The molecular weight excluding hydrogens is 320 g/mol. The van der Waals surface area contributed by atoms with E-state index in [0.717, 1.165) is 38.5 Å². The fourth-order valence-corrected chi connectivity index (χ4v) is 1.31. The molecule has 0 aromatic carbocycles. The molecule has 0 aliphatic heterocycles. The third kappa shape index (κ3) is 42.8. The largest absolute Gasteiger partial charge is 0.481 e. The lowest BCUT2D eigenvalue weighted by Crippen LogP contribution is -1.97. The van der Waals surface area contributed by atoms with E-state index in [2.05, 4.69) is 0 Å². The molecule has 0 aromatic rings. The van der Waals surface area contributed by atoms with E-state index in [1.165, 1.54) is 12.4 Å². The lowest BCUT2D eigenvalue weighted by Gasteiger charge is -1.98. The number of nitrogens with one attached hydrogen (secondary N) is 2. The Bertz CT molecular complexity index is 388. The van der Waals surface area contributed by atoms with E-state index in [4.69, 9.17) is 30.3 Å². The lowest BCUT2D eigenvalue weighted by atomic mass is 10.1. The summed E-state index contributed by atoms with van der Waals surface area (Å²) < 4.78 is 0. The summed E-state index contributed by atoms with van der Waals surface area (Å²) in [6.07, 6.45) is 9.26. The number of carboxylic acid groups (broad SMARTS) is 2. The van der Waals surface area contributed by atoms with Crippen LogP contribution in [0.15, 0.2) is 0 Å². The summed E-state index contributed by atoms with van der Waals surface area (Å²) >= 11 is 0. The Morgan fingerprint density at radius 3 is 1.21 bits per heavy atom. The van der Waals surface area contributed by atoms with Gasteiger partial charge in [-0.25, -0.2) is 0 Å². The third-order valence-corrected chi connectivity index (χ3v) is 2.28. The van der Waals surface area contributed by atoms with Gasteiger partial charge in [0, 0.05) is 12.8 Å². The first-order valence-corrected chi connectivity index (χ1v) is 7.06. The molecular formula is C14H22N4O6. The normalized spacial score (nSPS) is 7.75. The number of carbonyl (C=O) groups excluding carboxylic acids is 2. The van der Waals surface area contributed by atoms with Crippen LogP contribution in [0.4, 0.5) is 0 Å². The van der Waals surface area contributed by atoms with Gasteiger partial charge in [-0.05, 0) is 12.8 Å². The molecule has 0 saturated carbocycles. The topological polar surface area (TPSA) is 180 Å². The first kappa shape index (κ1) is 25.8. The molecule has 0 saturated heterocycles. The van der Waals surface area contributed by atoms with Gasteiger partial charge in [0.2, 0.25) is 12.8 Å². The number of nitrogens with zero attached hydrogens (tertiary/aromatic N) is 2. The standard InChI is InChI=1S/C10H18O4.2C2H2N2O/c11-9(12)7-5-3-1-2-4-6-8-10(13)14;2*3-1-4-2-5/h1-8H2,(H,11,12)(H,13,14);2*2H,(H,4,5). The number of hydrogen-bond acceptors (Lipinski definition) is 6. The number of nitriles is 2. The lowest BCUT2D eigenvalue weighted by molar-refractivity contribution is -0.138. The third-order valence-electron chi connectivity index (χ3n) is 2.28. The van der Waals surface area contributed by atoms with Crippen LogP contribution in [-0.2, 0) is 19.2 Å². The van der Waals surface area contributed by atoms with Gasteiger partial charge in [-0.2, -0.15) is 10.5 Å². The molecule has 0 fully saturated rings. The molecule has 0 radical (unpaired) electrons. The average molecular weight is 342 g/mol. The predicted molar refractivity (Wildman–Crippen MR) is 81.8 cm³/mol. The van der Waals surface area contributed by atoms with Crippen LogP contribution in [0, 0.1) is 22.9 Å². The summed E-state index contributed by atoms with van der Waals surface area (Å²) in [6.45, 7) is 0. The van der Waals surface area contributed by atoms with Gasteiger partial charge in [-0.3, -0.25) is 29.8 Å². The summed E-state index contributed by atoms with van der Waals surface area (Å²) in [5.41, 5.74) is 0. The van der Waals surface area contributed by atoms with E-state index in [1.54, 1.807) is 10.6 Å². The minimum Gasteiger partial charge on any atom is -0.481 e. The van der Waals surface area contributed by atoms with Crippen LogP contribution < -0.4 is 10.6 Å². The molecule has 0 unspecified atom stereocenters. The van der Waals surface area contributed by atoms with E-state index in [1.807, 2.05) is 0 Å². The van der Waals surface area contributed by atoms with Gasteiger partial charge in [-0.15, -0.1) is 0 Å². The zero-order valence-corrected chi connectivity index (χ0v) is 13.2. The Hall–Kier alpha value is -3.14. The Balaban J connectivity index is -0.000000361. The number of hydrogen-bond donors (Lipinski definition) is 4. The molecule has 4 N–H and O–H groups in total. The first-order chi connectivity index (χ1) is 11.5. The van der Waals surface area contributed by atoms with Gasteiger partial charge in [-0.1, -0.05) is 25.7 Å². The van der Waals surface area contributed by atoms with Crippen molar-refractivity contribution in [2.45, 2.75) is 51.4 Å². The van der Waals surface area contributed by atoms with E-state index in [-0.39, 0.29) is 12.8 Å². The highest BCUT2D eigenvalue weighted by atomic mass is 16.4. The fourth-order valence-electron chi connectivity index (χ4n) is 1.31. The van der Waals surface area contributed by atoms with Crippen molar-refractivity contribution in [3.05, 3.63) is 0 Å². The van der Waals surface area contributed by atoms with Gasteiger partial charge in [0.25, 0.3) is 0 Å². The molecule has 2 amide bonds. The van der Waals surface area contributed by atoms with E-state index in [0.29, 0.717) is 12.8 Å². The summed E-state index contributed by atoms with van der Waals surface area (Å²) in [7, 11) is 0. The molecule has 0 spiro atoms. The molecule has 10 heteroatoms. The maximum atomic E-state index is 10.1. The molecule has 0 heterocycles. The summed E-state index contributed by atoms with van der Waals surface area (Å²) in [4.78, 5) is 38.4. The van der Waals surface area contributed by atoms with Crippen LogP contribution in [0.25, 0.3) is 0 Å². The number of aliphatic carboxylic acids is 2. The number of rotatable bonds is 11. The van der Waals surface area contributed by atoms with Crippen molar-refractivity contribution in [2.24, 2.45) is 0 Å². The van der Waals surface area contributed by atoms with Crippen molar-refractivity contribution in [3.8, 4) is 12.4 Å². The van der Waals surface area contributed by atoms with Gasteiger partial charge in [0.1, 0.15) is 0 Å². The van der Waals surface area contributed by atoms with Crippen molar-refractivity contribution in [3.63, 3.8) is 0 Å². The smallest absolute Gasteiger partial charge is 0.303 e. The van der Waals surface area contributed by atoms with Crippen LogP contribution in [0.5, 0.6) is 0 Å². The number of carbonyl (C=O) groups is 4. The Morgan fingerprint density at radius 1 is 0.750 bits per heavy atom. The summed E-state index contributed by atoms with van der Waals surface area (Å²) in [6, 6.07) is 0. The molecule has 134 valence electrons. The number of unbranched alkanes of at least 4 members (excludes halogenated alkanes) is 5. The van der Waals surface area contributed by atoms with Crippen LogP contribution >= 0.6 is 0 Å². The zero-order valence-electron chi connectivity index (χ0n) is 13.2. The Kier molecular flexibility index (Phi) is 26.7. The maximum absolute atomic E-state index is 10.1. The Morgan fingerprint density at radius 2 is 1.04 bits per heavy atom. The average Bonchev–Trinajstić information content (AvgIpc) is 2.52. The molecule has 0 aliphatic carbocycles. The van der Waals surface area contributed by atoms with E-state index < -0.39 is 11.9 Å². The van der Waals surface area contributed by atoms with E-state index >= 15 is 0 Å². The second kappa shape index (κ2) is 24.9. The number of carboxylic acids is 2. The van der Waals surface area contributed by atoms with Gasteiger partial charge in [0.05, 0.1) is 0 Å². The SMILES string of the molecule is N#CNC=O.N#CNC=O.O=C(O)CCCCCCCCC(=O)O. The van der Waals surface area contributed by atoms with Crippen molar-refractivity contribution < 1.29 is 29.4 Å². The van der Waals surface area contributed by atoms with Crippen molar-refractivity contribution in [1.82, 2.24) is 10.6 Å². The quantitative estimate of drug-likeness (QED) is 0.183. The Labute approximate surface area is 140 Å².